The number of phenols is 2. The average Bonchev–Trinajstić information content (AvgIpc) is 3.72. The minimum atomic E-state index is -3.95. The van der Waals surface area contributed by atoms with Crippen LogP contribution < -0.4 is 0 Å². The van der Waals surface area contributed by atoms with Crippen molar-refractivity contribution >= 4 is 36.5 Å². The van der Waals surface area contributed by atoms with Gasteiger partial charge in [0.1, 0.15) is 22.9 Å². The molecule has 2 N–H and O–H groups in total. The summed E-state index contributed by atoms with van der Waals surface area (Å²) in [4.78, 5) is 0. The molecule has 2 aromatic carbocycles. The molecule has 0 aliphatic carbocycles. The van der Waals surface area contributed by atoms with E-state index in [0.717, 1.165) is 44.5 Å². The van der Waals surface area contributed by atoms with Crippen molar-refractivity contribution in [3.05, 3.63) is 140 Å². The molecule has 0 saturated carbocycles. The van der Waals surface area contributed by atoms with Gasteiger partial charge in [0, 0.05) is 48.5 Å². The molecule has 0 saturated heterocycles. The monoisotopic (exact) mass is 680 g/mol. The molecule has 0 atom stereocenters. The van der Waals surface area contributed by atoms with Gasteiger partial charge in [-0.15, -0.1) is 0 Å². The number of hydrogen-bond acceptors (Lipinski definition) is 2. The predicted octanol–water partition coefficient (Wildman–Crippen LogP) is 8.48. The van der Waals surface area contributed by atoms with E-state index in [4.69, 9.17) is 0 Å². The Labute approximate surface area is 288 Å². The lowest BCUT2D eigenvalue weighted by Crippen LogP contribution is -2.51. The third kappa shape index (κ3) is 4.64. The van der Waals surface area contributed by atoms with Crippen LogP contribution in [0.5, 0.6) is 11.5 Å². The molecule has 0 spiro atoms. The summed E-state index contributed by atoms with van der Waals surface area (Å²) in [6.45, 7) is 6.45. The highest BCUT2D eigenvalue weighted by Gasteiger charge is 2.56. The highest BCUT2D eigenvalue weighted by Crippen LogP contribution is 2.46. The molecule has 8 rings (SSSR count). The van der Waals surface area contributed by atoms with Gasteiger partial charge in [-0.05, 0) is 112 Å². The molecule has 4 aliphatic rings. The van der Waals surface area contributed by atoms with Crippen LogP contribution in [0.15, 0.2) is 95.4 Å². The smallest absolute Gasteiger partial charge is 0.508 e. The summed E-state index contributed by atoms with van der Waals surface area (Å²) in [6.07, 6.45) is 3.62. The Hall–Kier alpha value is -5.25. The van der Waals surface area contributed by atoms with E-state index >= 15 is 17.3 Å². The van der Waals surface area contributed by atoms with Crippen LogP contribution >= 0.6 is 0 Å². The van der Waals surface area contributed by atoms with Crippen LogP contribution in [0.2, 0.25) is 0 Å². The molecule has 0 fully saturated rings. The fraction of sp³-hybridized carbons (Fsp3) is 0.211. The maximum atomic E-state index is 15.4. The molecule has 0 unspecified atom stereocenters. The molecule has 2 aromatic heterocycles. The number of allylic oxidation sites excluding steroid dienone is 4. The van der Waals surface area contributed by atoms with Gasteiger partial charge < -0.3 is 45.4 Å². The van der Waals surface area contributed by atoms with Crippen LogP contribution in [-0.2, 0) is 0 Å². The Bertz CT molecular complexity index is 2190. The lowest BCUT2D eigenvalue weighted by molar-refractivity contribution is -0.364. The minimum Gasteiger partial charge on any atom is -0.508 e. The zero-order chi connectivity index (χ0) is 36.2. The van der Waals surface area contributed by atoms with E-state index in [-0.39, 0.29) is 11.5 Å². The molecule has 50 heavy (non-hydrogen) atoms. The number of halogens is 4. The van der Waals surface area contributed by atoms with Gasteiger partial charge in [-0.25, -0.2) is 0 Å². The Morgan fingerprint density at radius 2 is 0.840 bits per heavy atom. The van der Waals surface area contributed by atoms with Crippen molar-refractivity contribution in [2.45, 2.75) is 55.4 Å². The van der Waals surface area contributed by atoms with Gasteiger partial charge in [0.2, 0.25) is 0 Å². The number of benzene rings is 2. The van der Waals surface area contributed by atoms with Crippen LogP contribution in [0.3, 0.4) is 0 Å². The SMILES string of the molecule is CC1=CC(C)=[N+]2C1=C(c1ccc(O)cc1)c1c(C)cc(C)n1[B-]2(F)F.CC1=CC(C)=[N+]2C1=C(c1ccc(O)cc1)c1c(C)cc(C)n1[B-]2(F)F. The maximum absolute atomic E-state index is 15.4. The van der Waals surface area contributed by atoms with Crippen LogP contribution in [0, 0.1) is 27.7 Å². The molecule has 256 valence electrons. The topological polar surface area (TPSA) is 56.3 Å². The Morgan fingerprint density at radius 1 is 0.520 bits per heavy atom. The lowest BCUT2D eigenvalue weighted by atomic mass is 9.84. The zero-order valence-corrected chi connectivity index (χ0v) is 29.3. The number of aromatic nitrogens is 2. The number of phenolic OH excluding ortho intramolecular Hbond substituents is 2. The van der Waals surface area contributed by atoms with Gasteiger partial charge in [0.05, 0.1) is 11.1 Å². The second-order valence-corrected chi connectivity index (χ2v) is 13.8. The normalized spacial score (nSPS) is 18.4. The fourth-order valence-corrected chi connectivity index (χ4v) is 8.40. The maximum Gasteiger partial charge on any atom is 0.737 e. The van der Waals surface area contributed by atoms with E-state index in [0.29, 0.717) is 45.6 Å². The highest BCUT2D eigenvalue weighted by molar-refractivity contribution is 6.59. The first-order valence-corrected chi connectivity index (χ1v) is 16.6. The van der Waals surface area contributed by atoms with Gasteiger partial charge in [0.25, 0.3) is 0 Å². The third-order valence-electron chi connectivity index (χ3n) is 10.2. The van der Waals surface area contributed by atoms with E-state index in [2.05, 4.69) is 0 Å². The van der Waals surface area contributed by atoms with Crippen LogP contribution in [0.25, 0.3) is 11.1 Å². The van der Waals surface area contributed by atoms with E-state index in [1.807, 2.05) is 52.0 Å². The molecule has 4 aliphatic heterocycles. The first kappa shape index (κ1) is 33.3. The van der Waals surface area contributed by atoms with E-state index in [9.17, 15) is 10.2 Å². The summed E-state index contributed by atoms with van der Waals surface area (Å²) in [5.41, 5.74) is 10.9. The van der Waals surface area contributed by atoms with Crippen molar-refractivity contribution in [1.82, 2.24) is 8.96 Å². The summed E-state index contributed by atoms with van der Waals surface area (Å²) in [6, 6.07) is 17.1. The van der Waals surface area contributed by atoms with Crippen molar-refractivity contribution in [1.29, 1.82) is 0 Å². The van der Waals surface area contributed by atoms with Crippen molar-refractivity contribution < 1.29 is 36.4 Å². The van der Waals surface area contributed by atoms with Crippen molar-refractivity contribution in [2.75, 3.05) is 0 Å². The second-order valence-electron chi connectivity index (χ2n) is 13.8. The number of rotatable bonds is 2. The van der Waals surface area contributed by atoms with Crippen LogP contribution in [0.1, 0.15) is 72.7 Å². The second kappa shape index (κ2) is 11.1. The van der Waals surface area contributed by atoms with Gasteiger partial charge in [0.15, 0.2) is 11.4 Å². The van der Waals surface area contributed by atoms with Gasteiger partial charge in [-0.1, -0.05) is 24.3 Å². The number of aryl methyl sites for hydroxylation is 4. The Balaban J connectivity index is 0.000000157. The fourth-order valence-electron chi connectivity index (χ4n) is 8.40. The molecule has 0 amide bonds. The van der Waals surface area contributed by atoms with Gasteiger partial charge in [-0.2, -0.15) is 0 Å². The number of hydrogen-bond donors (Lipinski definition) is 2. The van der Waals surface area contributed by atoms with Gasteiger partial charge >= 0.3 is 13.9 Å². The first-order chi connectivity index (χ1) is 23.5. The zero-order valence-electron chi connectivity index (χ0n) is 29.3. The van der Waals surface area contributed by atoms with Crippen LogP contribution in [0.4, 0.5) is 17.3 Å². The van der Waals surface area contributed by atoms with E-state index in [1.165, 1.54) is 17.9 Å². The number of aromatic hydroxyl groups is 2. The van der Waals surface area contributed by atoms with E-state index < -0.39 is 13.9 Å². The predicted molar refractivity (Wildman–Crippen MR) is 192 cm³/mol. The highest BCUT2D eigenvalue weighted by atomic mass is 19.3. The summed E-state index contributed by atoms with van der Waals surface area (Å²) in [7, 11) is 0. The Morgan fingerprint density at radius 3 is 1.16 bits per heavy atom. The average molecular weight is 680 g/mol. The summed E-state index contributed by atoms with van der Waals surface area (Å²) < 4.78 is 66.4. The molecule has 6 nitrogen and oxygen atoms in total. The standard InChI is InChI=1S/2C19H19BF2N2O/c2*1-11-9-13(3)23-18(11)17(15-5-7-16(25)8-6-15)19-12(2)10-14(4)24(19)20(23,21)22/h2*5-10,25H,1-4H3. The molecule has 6 heterocycles. The molecule has 0 radical (unpaired) electrons. The summed E-state index contributed by atoms with van der Waals surface area (Å²) in [5.74, 6) is 0.308. The van der Waals surface area contributed by atoms with E-state index in [1.54, 1.807) is 76.2 Å². The largest absolute Gasteiger partial charge is 0.737 e. The third-order valence-corrected chi connectivity index (χ3v) is 10.2. The molecule has 0 bridgehead atoms. The van der Waals surface area contributed by atoms with Crippen molar-refractivity contribution in [3.63, 3.8) is 0 Å². The quantitative estimate of drug-likeness (QED) is 0.165. The Kier molecular flexibility index (Phi) is 7.40. The van der Waals surface area contributed by atoms with Crippen molar-refractivity contribution in [2.24, 2.45) is 0 Å². The number of nitrogens with zero attached hydrogens (tertiary/aromatic N) is 4. The summed E-state index contributed by atoms with van der Waals surface area (Å²) in [5, 5.41) is 19.2. The molecular weight excluding hydrogens is 642 g/mol. The first-order valence-electron chi connectivity index (χ1n) is 16.6. The number of fused-ring (bicyclic) bond motifs is 4. The minimum absolute atomic E-state index is 0.154. The summed E-state index contributed by atoms with van der Waals surface area (Å²) >= 11 is 0. The molecular formula is C38H38B2F4N4O2. The van der Waals surface area contributed by atoms with Gasteiger partial charge in [-0.3, -0.25) is 0 Å². The van der Waals surface area contributed by atoms with Crippen LogP contribution in [-0.4, -0.2) is 53.5 Å². The lowest BCUT2D eigenvalue weighted by Gasteiger charge is -2.34. The molecule has 4 aromatic rings. The molecule has 12 heteroatoms. The van der Waals surface area contributed by atoms with Crippen molar-refractivity contribution in [3.8, 4) is 11.5 Å².